The number of hydrogen-bond acceptors (Lipinski definition) is 2. The lowest BCUT2D eigenvalue weighted by molar-refractivity contribution is -0.0706. The number of aromatic nitrogens is 1. The fraction of sp³-hybridized carbons (Fsp3) is 0.722. The molecule has 3 heteroatoms. The Balaban J connectivity index is 0.00000132. The topological polar surface area (TPSA) is 24.9 Å². The Bertz CT molecular complexity index is 438. The molecule has 4 saturated carbocycles. The third kappa shape index (κ3) is 2.85. The van der Waals surface area contributed by atoms with Crippen molar-refractivity contribution < 1.29 is 0 Å². The molecule has 5 rings (SSSR count). The van der Waals surface area contributed by atoms with Gasteiger partial charge in [-0.25, -0.2) is 0 Å². The normalized spacial score (nSPS) is 38.0. The van der Waals surface area contributed by atoms with Gasteiger partial charge < -0.3 is 5.32 Å². The van der Waals surface area contributed by atoms with Gasteiger partial charge in [0.25, 0.3) is 0 Å². The molecule has 1 atom stereocenters. The lowest BCUT2D eigenvalue weighted by Crippen LogP contribution is -2.54. The largest absolute Gasteiger partial charge is 0.310 e. The predicted molar refractivity (Wildman–Crippen MR) is 88.4 cm³/mol. The number of hydrogen-bond donors (Lipinski definition) is 1. The summed E-state index contributed by atoms with van der Waals surface area (Å²) in [6.45, 7) is 3.43. The predicted octanol–water partition coefficient (Wildman–Crippen LogP) is 4.20. The van der Waals surface area contributed by atoms with Crippen molar-refractivity contribution in [3.05, 3.63) is 30.1 Å². The lowest BCUT2D eigenvalue weighted by atomic mass is 9.48. The maximum atomic E-state index is 4.10. The van der Waals surface area contributed by atoms with Gasteiger partial charge >= 0.3 is 0 Å². The van der Waals surface area contributed by atoms with E-state index in [2.05, 4.69) is 29.4 Å². The molecule has 116 valence electrons. The summed E-state index contributed by atoms with van der Waals surface area (Å²) in [4.78, 5) is 4.10. The highest BCUT2D eigenvalue weighted by atomic mass is 35.5. The summed E-state index contributed by atoms with van der Waals surface area (Å²) in [7, 11) is 0. The highest BCUT2D eigenvalue weighted by molar-refractivity contribution is 5.85. The van der Waals surface area contributed by atoms with Crippen LogP contribution in [0, 0.1) is 23.2 Å². The number of rotatable bonds is 4. The third-order valence-electron chi connectivity index (χ3n) is 6.37. The quantitative estimate of drug-likeness (QED) is 0.902. The van der Waals surface area contributed by atoms with Gasteiger partial charge in [0.1, 0.15) is 0 Å². The molecule has 0 saturated heterocycles. The van der Waals surface area contributed by atoms with Crippen LogP contribution in [0.2, 0.25) is 0 Å². The summed E-state index contributed by atoms with van der Waals surface area (Å²) in [6, 6.07) is 4.91. The second kappa shape index (κ2) is 5.89. The van der Waals surface area contributed by atoms with E-state index in [0.29, 0.717) is 11.5 Å². The monoisotopic (exact) mass is 306 g/mol. The molecular formula is C18H27ClN2. The summed E-state index contributed by atoms with van der Waals surface area (Å²) in [5.74, 6) is 3.14. The van der Waals surface area contributed by atoms with Gasteiger partial charge in [-0.2, -0.15) is 0 Å². The van der Waals surface area contributed by atoms with Crippen molar-refractivity contribution in [1.29, 1.82) is 0 Å². The van der Waals surface area contributed by atoms with Crippen molar-refractivity contribution in [2.75, 3.05) is 0 Å². The zero-order valence-electron chi connectivity index (χ0n) is 12.9. The molecule has 4 fully saturated rings. The van der Waals surface area contributed by atoms with Crippen molar-refractivity contribution >= 4 is 12.4 Å². The molecule has 4 aliphatic carbocycles. The summed E-state index contributed by atoms with van der Waals surface area (Å²) >= 11 is 0. The Morgan fingerprint density at radius 2 is 1.62 bits per heavy atom. The van der Waals surface area contributed by atoms with E-state index in [-0.39, 0.29) is 12.4 Å². The number of halogens is 1. The molecule has 4 bridgehead atoms. The van der Waals surface area contributed by atoms with E-state index in [0.717, 1.165) is 24.3 Å². The Morgan fingerprint density at radius 1 is 1.10 bits per heavy atom. The first-order valence-corrected chi connectivity index (χ1v) is 8.36. The molecule has 0 spiro atoms. The molecule has 0 aromatic carbocycles. The van der Waals surface area contributed by atoms with Crippen LogP contribution >= 0.6 is 12.4 Å². The first-order valence-electron chi connectivity index (χ1n) is 8.36. The Kier molecular flexibility index (Phi) is 4.29. The van der Waals surface area contributed by atoms with Crippen molar-refractivity contribution in [3.63, 3.8) is 0 Å². The van der Waals surface area contributed by atoms with E-state index >= 15 is 0 Å². The highest BCUT2D eigenvalue weighted by Crippen LogP contribution is 2.61. The van der Waals surface area contributed by atoms with Crippen molar-refractivity contribution in [1.82, 2.24) is 10.3 Å². The molecule has 1 aromatic heterocycles. The van der Waals surface area contributed by atoms with Crippen molar-refractivity contribution in [2.24, 2.45) is 23.2 Å². The lowest BCUT2D eigenvalue weighted by Gasteiger charge is -2.59. The first-order chi connectivity index (χ1) is 9.73. The van der Waals surface area contributed by atoms with Crippen LogP contribution in [0.3, 0.4) is 0 Å². The molecule has 1 heterocycles. The van der Waals surface area contributed by atoms with Crippen molar-refractivity contribution in [3.8, 4) is 0 Å². The molecule has 0 aliphatic heterocycles. The van der Waals surface area contributed by atoms with E-state index in [9.17, 15) is 0 Å². The van der Waals surface area contributed by atoms with E-state index in [1.165, 1.54) is 44.1 Å². The summed E-state index contributed by atoms with van der Waals surface area (Å²) in [6.07, 6.45) is 12.9. The fourth-order valence-corrected chi connectivity index (χ4v) is 5.70. The molecule has 2 nitrogen and oxygen atoms in total. The summed E-state index contributed by atoms with van der Waals surface area (Å²) in [5.41, 5.74) is 1.97. The van der Waals surface area contributed by atoms with Gasteiger partial charge in [-0.15, -0.1) is 12.4 Å². The Morgan fingerprint density at radius 3 is 2.14 bits per heavy atom. The standard InChI is InChI=1S/C18H26N2.ClH/c1-13(20-12-14-2-4-19-5-3-14)18-9-15-6-16(10-18)8-17(7-15)11-18;/h2-5,13,15-17,20H,6-12H2,1H3;1H. The fourth-order valence-electron chi connectivity index (χ4n) is 5.70. The molecule has 1 aromatic rings. The van der Waals surface area contributed by atoms with E-state index in [4.69, 9.17) is 0 Å². The van der Waals surface area contributed by atoms with Gasteiger partial charge in [0, 0.05) is 25.0 Å². The molecule has 1 N–H and O–H groups in total. The zero-order valence-corrected chi connectivity index (χ0v) is 13.7. The molecule has 21 heavy (non-hydrogen) atoms. The SMILES string of the molecule is CC(NCc1ccncc1)C12CC3CC(CC(C3)C1)C2.Cl. The minimum absolute atomic E-state index is 0. The van der Waals surface area contributed by atoms with Crippen molar-refractivity contribution in [2.45, 2.75) is 58.0 Å². The van der Waals surface area contributed by atoms with Gasteiger partial charge in [0.2, 0.25) is 0 Å². The van der Waals surface area contributed by atoms with Crippen LogP contribution in [0.5, 0.6) is 0 Å². The maximum absolute atomic E-state index is 4.10. The molecule has 1 unspecified atom stereocenters. The highest BCUT2D eigenvalue weighted by Gasteiger charge is 2.52. The number of pyridine rings is 1. The van der Waals surface area contributed by atoms with Gasteiger partial charge in [-0.1, -0.05) is 0 Å². The maximum Gasteiger partial charge on any atom is 0.0271 e. The van der Waals surface area contributed by atoms with Gasteiger partial charge in [0.15, 0.2) is 0 Å². The minimum Gasteiger partial charge on any atom is -0.310 e. The molecule has 4 aliphatic rings. The van der Waals surface area contributed by atoms with Crippen LogP contribution in [0.15, 0.2) is 24.5 Å². The Labute approximate surface area is 134 Å². The molecule has 0 amide bonds. The van der Waals surface area contributed by atoms with Gasteiger partial charge in [-0.05, 0) is 86.3 Å². The van der Waals surface area contributed by atoms with Crippen LogP contribution in [0.4, 0.5) is 0 Å². The van der Waals surface area contributed by atoms with E-state index in [1.54, 1.807) is 0 Å². The average Bonchev–Trinajstić information content (AvgIpc) is 2.44. The number of nitrogens with zero attached hydrogens (tertiary/aromatic N) is 1. The van der Waals surface area contributed by atoms with Gasteiger partial charge in [0.05, 0.1) is 0 Å². The second-order valence-electron chi connectivity index (χ2n) is 7.74. The molecule has 0 radical (unpaired) electrons. The number of nitrogens with one attached hydrogen (secondary N) is 1. The zero-order chi connectivity index (χ0) is 13.6. The van der Waals surface area contributed by atoms with Gasteiger partial charge in [-0.3, -0.25) is 4.98 Å². The van der Waals surface area contributed by atoms with Crippen LogP contribution in [0.1, 0.15) is 51.0 Å². The average molecular weight is 307 g/mol. The van der Waals surface area contributed by atoms with Crippen LogP contribution in [-0.2, 0) is 6.54 Å². The van der Waals surface area contributed by atoms with Crippen LogP contribution < -0.4 is 5.32 Å². The van der Waals surface area contributed by atoms with Crippen LogP contribution in [-0.4, -0.2) is 11.0 Å². The Hall–Kier alpha value is -0.600. The minimum atomic E-state index is 0. The summed E-state index contributed by atoms with van der Waals surface area (Å²) < 4.78 is 0. The van der Waals surface area contributed by atoms with E-state index < -0.39 is 0 Å². The first kappa shape index (κ1) is 15.3. The summed E-state index contributed by atoms with van der Waals surface area (Å²) in [5, 5.41) is 3.83. The second-order valence-corrected chi connectivity index (χ2v) is 7.74. The smallest absolute Gasteiger partial charge is 0.0271 e. The molecular weight excluding hydrogens is 280 g/mol. The van der Waals surface area contributed by atoms with Crippen LogP contribution in [0.25, 0.3) is 0 Å². The van der Waals surface area contributed by atoms with E-state index in [1.807, 2.05) is 12.4 Å². The third-order valence-corrected chi connectivity index (χ3v) is 6.37.